The van der Waals surface area contributed by atoms with Gasteiger partial charge in [0.25, 0.3) is 11.5 Å². The van der Waals surface area contributed by atoms with Gasteiger partial charge in [-0.2, -0.15) is 4.98 Å². The van der Waals surface area contributed by atoms with Gasteiger partial charge in [0.15, 0.2) is 11.2 Å². The third-order valence-corrected chi connectivity index (χ3v) is 13.3. The first kappa shape index (κ1) is 77.3. The summed E-state index contributed by atoms with van der Waals surface area (Å²) in [5, 5.41) is 105. The van der Waals surface area contributed by atoms with E-state index in [1.165, 1.54) is 30.5 Å². The monoisotopic (exact) mass is 1340 g/mol. The molecule has 2 heterocycles. The van der Waals surface area contributed by atoms with Crippen LogP contribution < -0.4 is 59.1 Å². The second-order valence-corrected chi connectivity index (χ2v) is 20.7. The van der Waals surface area contributed by atoms with E-state index in [1.807, 2.05) is 16.0 Å². The number of nitrogens with zero attached hydrogens (tertiary/aromatic N) is 3. The average molecular weight is 1350 g/mol. The number of benzene rings is 1. The fraction of sp³-hybridized carbons (Fsp3) is 0.463. The molecular formula is C54H68N14O27. The van der Waals surface area contributed by atoms with Crippen LogP contribution in [-0.2, 0) is 83.3 Å². The van der Waals surface area contributed by atoms with E-state index in [4.69, 9.17) is 10.8 Å². The summed E-state index contributed by atoms with van der Waals surface area (Å²) in [4.78, 5) is 242. The molecule has 0 fully saturated rings. The number of nitrogen functional groups attached to an aromatic ring is 1. The van der Waals surface area contributed by atoms with E-state index in [2.05, 4.69) is 51.8 Å². The van der Waals surface area contributed by atoms with E-state index in [0.717, 1.165) is 0 Å². The molecule has 41 nitrogen and oxygen atoms in total. The van der Waals surface area contributed by atoms with Crippen molar-refractivity contribution in [3.8, 4) is 0 Å². The quantitative estimate of drug-likeness (QED) is 0.0253. The summed E-state index contributed by atoms with van der Waals surface area (Å²) in [7, 11) is 0. The summed E-state index contributed by atoms with van der Waals surface area (Å²) in [6.45, 7) is 0.0110. The maximum absolute atomic E-state index is 14.1. The Morgan fingerprint density at radius 1 is 0.389 bits per heavy atom. The van der Waals surface area contributed by atoms with Gasteiger partial charge in [-0.05, 0) is 75.6 Å². The minimum atomic E-state index is -2.13. The maximum atomic E-state index is 14.1. The lowest BCUT2D eigenvalue weighted by Crippen LogP contribution is -2.60. The first-order valence-electron chi connectivity index (χ1n) is 28.4. The van der Waals surface area contributed by atoms with Crippen LogP contribution in [0.4, 0.5) is 11.6 Å². The van der Waals surface area contributed by atoms with Crippen LogP contribution >= 0.6 is 0 Å². The number of aliphatic carboxylic acids is 9. The summed E-state index contributed by atoms with van der Waals surface area (Å²) in [5.74, 6) is -25.4. The molecule has 41 heteroatoms. The molecule has 0 aliphatic carbocycles. The predicted octanol–water partition coefficient (Wildman–Crippen LogP) is -4.60. The van der Waals surface area contributed by atoms with Crippen molar-refractivity contribution in [1.82, 2.24) is 62.5 Å². The van der Waals surface area contributed by atoms with Gasteiger partial charge in [-0.25, -0.2) is 14.8 Å². The number of fused-ring (bicyclic) bond motifs is 1. The highest BCUT2D eigenvalue weighted by atomic mass is 16.4. The van der Waals surface area contributed by atoms with Crippen molar-refractivity contribution in [2.75, 3.05) is 11.1 Å². The van der Waals surface area contributed by atoms with Gasteiger partial charge >= 0.3 is 53.7 Å². The van der Waals surface area contributed by atoms with E-state index in [-0.39, 0.29) is 29.2 Å². The molecule has 21 N–H and O–H groups in total. The maximum Gasteiger partial charge on any atom is 0.326 e. The average Bonchev–Trinajstić information content (AvgIpc) is 0.824. The number of nitrogens with two attached hydrogens (primary N) is 1. The van der Waals surface area contributed by atoms with Crippen LogP contribution in [-0.4, -0.2) is 215 Å². The largest absolute Gasteiger partial charge is 0.481 e. The standard InChI is InChI=1S/C54H68N14O27/c55-54-67-43-42(52(93)68-54)58-25(22-57-43)21-56-24-3-1-23(2-4-24)44(85)59-26(5-13-34(69)70)45(86)60-27(6-14-35(71)72)46(87)61-28(7-15-36(73)74)47(88)62-29(8-16-37(75)76)48(89)63-30(9-17-38(77)78)49(90)64-31(10-18-39(79)80)50(91)65-32(11-19-40(81)82)51(92)66-33(53(94)95)12-20-41(83)84/h1-4,22,26-33,56H,5-21H2,(H,59,85)(H,60,86)(H,61,87)(H,62,88)(H,63,89)(H,64,90)(H,65,91)(H,66,92)(H,69,70)(H,71,72)(H,73,74)(H,75,76)(H,77,78)(H,79,80)(H,81,82)(H,83,84)(H,94,95)(H3,55,57,67,68,93)/t26-,27-,28-,29-,30-,31-,32-,33-/m0/s1. The van der Waals surface area contributed by atoms with Crippen LogP contribution in [0, 0.1) is 0 Å². The molecule has 95 heavy (non-hydrogen) atoms. The van der Waals surface area contributed by atoms with Crippen LogP contribution in [0.5, 0.6) is 0 Å². The molecule has 3 aromatic rings. The Labute approximate surface area is 533 Å². The lowest BCUT2D eigenvalue weighted by atomic mass is 10.0. The van der Waals surface area contributed by atoms with Gasteiger partial charge in [0.2, 0.25) is 47.3 Å². The minimum Gasteiger partial charge on any atom is -0.481 e. The molecular weight excluding hydrogens is 1280 g/mol. The predicted molar refractivity (Wildman–Crippen MR) is 313 cm³/mol. The molecule has 0 saturated heterocycles. The van der Waals surface area contributed by atoms with Gasteiger partial charge in [0, 0.05) is 62.6 Å². The van der Waals surface area contributed by atoms with Gasteiger partial charge in [-0.15, -0.1) is 0 Å². The number of carboxylic acid groups (broad SMARTS) is 9. The van der Waals surface area contributed by atoms with Crippen LogP contribution in [0.25, 0.3) is 11.2 Å². The number of hydrogen-bond donors (Lipinski definition) is 20. The zero-order valence-corrected chi connectivity index (χ0v) is 49.8. The number of aromatic nitrogens is 4. The molecule has 8 amide bonds. The van der Waals surface area contributed by atoms with Gasteiger partial charge in [-0.1, -0.05) is 0 Å². The van der Waals surface area contributed by atoms with Crippen molar-refractivity contribution >= 4 is 124 Å². The molecule has 8 atom stereocenters. The number of carbonyl (C=O) groups is 17. The molecule has 516 valence electrons. The van der Waals surface area contributed by atoms with Gasteiger partial charge < -0.3 is 99.5 Å². The SMILES string of the molecule is Nc1nc2ncc(CNc3ccc(C(=O)N[C@@H](CCC(=O)O)C(=O)N[C@@H](CCC(=O)O)C(=O)N[C@@H](CCC(=O)O)C(=O)N[C@@H](CCC(=O)O)C(=O)N[C@@H](CCC(=O)O)C(=O)N[C@@H](CCC(=O)O)C(=O)N[C@@H](CCC(=O)O)C(=O)N[C@@H](CCC(=O)O)C(=O)O)cc3)nc2c(=O)[nH]1. The Morgan fingerprint density at radius 2 is 0.663 bits per heavy atom. The zero-order valence-electron chi connectivity index (χ0n) is 49.8. The van der Waals surface area contributed by atoms with Crippen LogP contribution in [0.15, 0.2) is 35.3 Å². The molecule has 0 aliphatic heterocycles. The molecule has 0 spiro atoms. The number of hydrogen-bond acceptors (Lipinski definition) is 23. The summed E-state index contributed by atoms with van der Waals surface area (Å²) in [5.41, 5.74) is 5.39. The normalized spacial score (nSPS) is 13.3. The third-order valence-electron chi connectivity index (χ3n) is 13.3. The highest BCUT2D eigenvalue weighted by Gasteiger charge is 2.36. The van der Waals surface area contributed by atoms with Gasteiger partial charge in [-0.3, -0.25) is 86.5 Å². The van der Waals surface area contributed by atoms with Crippen molar-refractivity contribution in [3.63, 3.8) is 0 Å². The summed E-state index contributed by atoms with van der Waals surface area (Å²) in [6.07, 6.45) is -12.3. The summed E-state index contributed by atoms with van der Waals surface area (Å²) >= 11 is 0. The molecule has 0 aliphatic rings. The third kappa shape index (κ3) is 28.4. The summed E-state index contributed by atoms with van der Waals surface area (Å²) in [6, 6.07) is -10.7. The Kier molecular flexibility index (Phi) is 30.9. The van der Waals surface area contributed by atoms with Crippen molar-refractivity contribution in [2.24, 2.45) is 0 Å². The lowest BCUT2D eigenvalue weighted by Gasteiger charge is -2.28. The molecule has 1 aromatic carbocycles. The molecule has 3 rings (SSSR count). The Balaban J connectivity index is 1.91. The van der Waals surface area contributed by atoms with Crippen molar-refractivity contribution in [3.05, 3.63) is 52.1 Å². The zero-order chi connectivity index (χ0) is 71.2. The molecule has 2 aromatic heterocycles. The topological polar surface area (TPSA) is 678 Å². The first-order chi connectivity index (χ1) is 44.6. The minimum absolute atomic E-state index is 0.00766. The van der Waals surface area contributed by atoms with Gasteiger partial charge in [0.1, 0.15) is 48.3 Å². The highest BCUT2D eigenvalue weighted by Crippen LogP contribution is 2.15. The van der Waals surface area contributed by atoms with Gasteiger partial charge in [0.05, 0.1) is 18.4 Å². The molecule has 0 bridgehead atoms. The van der Waals surface area contributed by atoms with E-state index in [1.54, 1.807) is 0 Å². The number of H-pyrrole nitrogens is 1. The number of carboxylic acids is 9. The number of anilines is 2. The van der Waals surface area contributed by atoms with Crippen molar-refractivity contribution in [1.29, 1.82) is 0 Å². The number of rotatable bonds is 44. The molecule has 0 unspecified atom stereocenters. The number of carbonyl (C=O) groups excluding carboxylic acids is 8. The Morgan fingerprint density at radius 3 is 0.947 bits per heavy atom. The van der Waals surface area contributed by atoms with E-state index < -0.39 is 258 Å². The second kappa shape index (κ2) is 38.0. The van der Waals surface area contributed by atoms with E-state index in [0.29, 0.717) is 11.4 Å². The number of amides is 8. The Hall–Kier alpha value is -12.0. The van der Waals surface area contributed by atoms with Crippen molar-refractivity contribution < 1.29 is 127 Å². The number of nitrogens with one attached hydrogen (secondary N) is 10. The fourth-order valence-corrected chi connectivity index (χ4v) is 8.42. The second-order valence-electron chi connectivity index (χ2n) is 20.7. The summed E-state index contributed by atoms with van der Waals surface area (Å²) < 4.78 is 0. The lowest BCUT2D eigenvalue weighted by molar-refractivity contribution is -0.144. The smallest absolute Gasteiger partial charge is 0.326 e. The molecule has 0 saturated carbocycles. The van der Waals surface area contributed by atoms with Crippen LogP contribution in [0.2, 0.25) is 0 Å². The number of aromatic amines is 1. The van der Waals surface area contributed by atoms with Crippen molar-refractivity contribution in [2.45, 2.75) is 158 Å². The fourth-order valence-electron chi connectivity index (χ4n) is 8.42. The first-order valence-corrected chi connectivity index (χ1v) is 28.4. The van der Waals surface area contributed by atoms with E-state index >= 15 is 0 Å². The molecule has 0 radical (unpaired) electrons. The highest BCUT2D eigenvalue weighted by molar-refractivity contribution is 6.00. The van der Waals surface area contributed by atoms with Crippen LogP contribution in [0.1, 0.15) is 119 Å². The van der Waals surface area contributed by atoms with Crippen LogP contribution in [0.3, 0.4) is 0 Å². The van der Waals surface area contributed by atoms with E-state index in [9.17, 15) is 127 Å². The Bertz CT molecular complexity index is 3450.